The lowest BCUT2D eigenvalue weighted by molar-refractivity contribution is -0.152. The van der Waals surface area contributed by atoms with Crippen LogP contribution in [0.3, 0.4) is 0 Å². The van der Waals surface area contributed by atoms with Crippen LogP contribution in [0, 0.1) is 22.9 Å². The van der Waals surface area contributed by atoms with E-state index in [-0.39, 0.29) is 17.3 Å². The number of carbonyl (C=O) groups excluding carboxylic acids is 1. The highest BCUT2D eigenvalue weighted by Gasteiger charge is 2.44. The van der Waals surface area contributed by atoms with Crippen molar-refractivity contribution >= 4 is 22.9 Å². The Bertz CT molecular complexity index is 1280. The molecule has 0 aliphatic carbocycles. The number of aryl methyl sites for hydroxylation is 1. The minimum atomic E-state index is -0.705. The van der Waals surface area contributed by atoms with Gasteiger partial charge in [0, 0.05) is 24.0 Å². The SMILES string of the molecule is COC(=O)C1(CCCc2c(F)cnc3ccc(OC)cc23)CCN(C/C=C/c2cc(F)ccc2F)C1. The monoisotopic (exact) mass is 498 g/mol. The van der Waals surface area contributed by atoms with Crippen molar-refractivity contribution in [2.24, 2.45) is 5.41 Å². The first-order valence-corrected chi connectivity index (χ1v) is 11.9. The fourth-order valence-electron chi connectivity index (χ4n) is 4.96. The van der Waals surface area contributed by atoms with Crippen molar-refractivity contribution in [1.82, 2.24) is 9.88 Å². The van der Waals surface area contributed by atoms with Gasteiger partial charge in [-0.25, -0.2) is 13.2 Å². The minimum absolute atomic E-state index is 0.177. The minimum Gasteiger partial charge on any atom is -0.497 e. The molecule has 1 atom stereocenters. The van der Waals surface area contributed by atoms with Gasteiger partial charge >= 0.3 is 5.97 Å². The lowest BCUT2D eigenvalue weighted by atomic mass is 9.81. The number of halogens is 3. The number of likely N-dealkylation sites (tertiary alicyclic amines) is 1. The summed E-state index contributed by atoms with van der Waals surface area (Å²) in [7, 11) is 2.94. The topological polar surface area (TPSA) is 51.7 Å². The van der Waals surface area contributed by atoms with E-state index in [1.807, 2.05) is 0 Å². The Balaban J connectivity index is 1.44. The molecule has 0 bridgehead atoms. The molecule has 4 rings (SSSR count). The number of ether oxygens (including phenoxy) is 2. The van der Waals surface area contributed by atoms with Crippen molar-refractivity contribution in [2.75, 3.05) is 33.9 Å². The first kappa shape index (κ1) is 25.7. The number of rotatable bonds is 9. The second kappa shape index (κ2) is 11.1. The zero-order chi connectivity index (χ0) is 25.7. The van der Waals surface area contributed by atoms with Gasteiger partial charge in [-0.1, -0.05) is 12.2 Å². The summed E-state index contributed by atoms with van der Waals surface area (Å²) in [6.07, 6.45) is 6.70. The maximum absolute atomic E-state index is 14.7. The molecular weight excluding hydrogens is 469 g/mol. The third kappa shape index (κ3) is 5.54. The van der Waals surface area contributed by atoms with E-state index in [0.29, 0.717) is 67.5 Å². The number of fused-ring (bicyclic) bond motifs is 1. The van der Waals surface area contributed by atoms with Crippen LogP contribution in [-0.2, 0) is 16.0 Å². The molecule has 1 aliphatic heterocycles. The van der Waals surface area contributed by atoms with Crippen LogP contribution in [0.4, 0.5) is 13.2 Å². The van der Waals surface area contributed by atoms with E-state index in [9.17, 15) is 18.0 Å². The normalized spacial score (nSPS) is 18.2. The highest BCUT2D eigenvalue weighted by molar-refractivity contribution is 5.83. The number of esters is 1. The Morgan fingerprint density at radius 2 is 1.97 bits per heavy atom. The summed E-state index contributed by atoms with van der Waals surface area (Å²) in [5, 5.41) is 0.698. The van der Waals surface area contributed by atoms with Crippen LogP contribution in [0.1, 0.15) is 30.4 Å². The number of pyridine rings is 1. The Morgan fingerprint density at radius 1 is 1.14 bits per heavy atom. The second-order valence-electron chi connectivity index (χ2n) is 9.15. The van der Waals surface area contributed by atoms with Crippen molar-refractivity contribution < 1.29 is 27.4 Å². The molecule has 0 radical (unpaired) electrons. The Morgan fingerprint density at radius 3 is 2.75 bits per heavy atom. The van der Waals surface area contributed by atoms with Crippen LogP contribution >= 0.6 is 0 Å². The summed E-state index contributed by atoms with van der Waals surface area (Å²) in [4.78, 5) is 19.1. The Labute approximate surface area is 208 Å². The van der Waals surface area contributed by atoms with Crippen molar-refractivity contribution in [2.45, 2.75) is 25.7 Å². The van der Waals surface area contributed by atoms with E-state index in [1.165, 1.54) is 13.3 Å². The maximum atomic E-state index is 14.7. The van der Waals surface area contributed by atoms with Crippen molar-refractivity contribution in [3.63, 3.8) is 0 Å². The first-order chi connectivity index (χ1) is 17.3. The van der Waals surface area contributed by atoms with E-state index in [4.69, 9.17) is 9.47 Å². The molecule has 0 N–H and O–H groups in total. The molecule has 190 valence electrons. The van der Waals surface area contributed by atoms with Gasteiger partial charge in [-0.2, -0.15) is 0 Å². The van der Waals surface area contributed by atoms with Gasteiger partial charge in [0.15, 0.2) is 0 Å². The Kier molecular flexibility index (Phi) is 7.94. The number of carbonyl (C=O) groups is 1. The van der Waals surface area contributed by atoms with Gasteiger partial charge in [-0.15, -0.1) is 0 Å². The van der Waals surface area contributed by atoms with E-state index in [1.54, 1.807) is 37.5 Å². The first-order valence-electron chi connectivity index (χ1n) is 11.9. The van der Waals surface area contributed by atoms with Crippen LogP contribution in [-0.4, -0.2) is 49.7 Å². The van der Waals surface area contributed by atoms with Crippen molar-refractivity contribution in [1.29, 1.82) is 0 Å². The van der Waals surface area contributed by atoms with Gasteiger partial charge in [0.25, 0.3) is 0 Å². The molecule has 1 saturated heterocycles. The lowest BCUT2D eigenvalue weighted by Gasteiger charge is -2.26. The van der Waals surface area contributed by atoms with E-state index >= 15 is 0 Å². The van der Waals surface area contributed by atoms with Gasteiger partial charge in [0.2, 0.25) is 0 Å². The third-order valence-corrected chi connectivity index (χ3v) is 6.89. The van der Waals surface area contributed by atoms with E-state index < -0.39 is 17.0 Å². The molecule has 2 aromatic carbocycles. The highest BCUT2D eigenvalue weighted by Crippen LogP contribution is 2.37. The summed E-state index contributed by atoms with van der Waals surface area (Å²) >= 11 is 0. The van der Waals surface area contributed by atoms with Gasteiger partial charge in [-0.3, -0.25) is 14.7 Å². The largest absolute Gasteiger partial charge is 0.497 e. The average Bonchev–Trinajstić information content (AvgIpc) is 3.30. The molecular formula is C28H29F3N2O3. The third-order valence-electron chi connectivity index (χ3n) is 6.89. The number of hydrogen-bond donors (Lipinski definition) is 0. The van der Waals surface area contributed by atoms with E-state index in [2.05, 4.69) is 9.88 Å². The molecule has 0 amide bonds. The summed E-state index contributed by atoms with van der Waals surface area (Å²) < 4.78 is 52.4. The predicted molar refractivity (Wildman–Crippen MR) is 132 cm³/mol. The number of nitrogens with zero attached hydrogens (tertiary/aromatic N) is 2. The second-order valence-corrected chi connectivity index (χ2v) is 9.15. The predicted octanol–water partition coefficient (Wildman–Crippen LogP) is 5.56. The number of hydrogen-bond acceptors (Lipinski definition) is 5. The molecule has 1 fully saturated rings. The average molecular weight is 499 g/mol. The summed E-state index contributed by atoms with van der Waals surface area (Å²) in [5.41, 5.74) is 0.706. The molecule has 0 saturated carbocycles. The number of aromatic nitrogens is 1. The molecule has 1 unspecified atom stereocenters. The van der Waals surface area contributed by atoms with Gasteiger partial charge < -0.3 is 9.47 Å². The molecule has 0 spiro atoms. The smallest absolute Gasteiger partial charge is 0.313 e. The van der Waals surface area contributed by atoms with E-state index in [0.717, 1.165) is 18.2 Å². The highest BCUT2D eigenvalue weighted by atomic mass is 19.1. The summed E-state index contributed by atoms with van der Waals surface area (Å²) in [5.74, 6) is -1.04. The lowest BCUT2D eigenvalue weighted by Crippen LogP contribution is -2.36. The summed E-state index contributed by atoms with van der Waals surface area (Å²) in [6.45, 7) is 1.62. The van der Waals surface area contributed by atoms with Crippen LogP contribution in [0.2, 0.25) is 0 Å². The standard InChI is InChI=1S/C28H29F3N2O3/c1-35-21-8-10-26-23(16-21)22(25(31)17-32-26)6-3-11-28(27(34)36-2)12-14-33(18-28)13-4-5-19-15-20(29)7-9-24(19)30/h4-5,7-10,15-17H,3,6,11-14,18H2,1-2H3/b5-4+. The summed E-state index contributed by atoms with van der Waals surface area (Å²) in [6, 6.07) is 8.68. The quantitative estimate of drug-likeness (QED) is 0.362. The molecule has 3 aromatic rings. The molecule has 36 heavy (non-hydrogen) atoms. The molecule has 8 heteroatoms. The molecule has 2 heterocycles. The molecule has 5 nitrogen and oxygen atoms in total. The number of benzene rings is 2. The zero-order valence-electron chi connectivity index (χ0n) is 20.4. The van der Waals surface area contributed by atoms with Gasteiger partial charge in [-0.05, 0) is 74.2 Å². The zero-order valence-corrected chi connectivity index (χ0v) is 20.4. The van der Waals surface area contributed by atoms with Crippen molar-refractivity contribution in [3.8, 4) is 5.75 Å². The van der Waals surface area contributed by atoms with Gasteiger partial charge in [0.05, 0.1) is 31.3 Å². The van der Waals surface area contributed by atoms with Crippen LogP contribution in [0.15, 0.2) is 48.7 Å². The molecule has 1 aromatic heterocycles. The fraction of sp³-hybridized carbons (Fsp3) is 0.357. The fourth-order valence-corrected chi connectivity index (χ4v) is 4.96. The van der Waals surface area contributed by atoms with Crippen LogP contribution < -0.4 is 4.74 Å². The van der Waals surface area contributed by atoms with Gasteiger partial charge in [0.1, 0.15) is 23.2 Å². The van der Waals surface area contributed by atoms with Crippen LogP contribution in [0.25, 0.3) is 17.0 Å². The number of methoxy groups -OCH3 is 2. The van der Waals surface area contributed by atoms with Crippen LogP contribution in [0.5, 0.6) is 5.75 Å². The van der Waals surface area contributed by atoms with Crippen molar-refractivity contribution in [3.05, 3.63) is 77.2 Å². The maximum Gasteiger partial charge on any atom is 0.313 e. The molecule has 1 aliphatic rings. The Hall–Kier alpha value is -3.39.